The fourth-order valence-corrected chi connectivity index (χ4v) is 2.62. The first kappa shape index (κ1) is 14.1. The highest BCUT2D eigenvalue weighted by molar-refractivity contribution is 5.97. The number of nitrogens with zero attached hydrogens (tertiary/aromatic N) is 1. The number of benzene rings is 1. The summed E-state index contributed by atoms with van der Waals surface area (Å²) in [5, 5.41) is 0. The van der Waals surface area contributed by atoms with Crippen LogP contribution < -0.4 is 4.74 Å². The minimum absolute atomic E-state index is 0.154. The van der Waals surface area contributed by atoms with Crippen molar-refractivity contribution in [2.24, 2.45) is 0 Å². The molecule has 2 rings (SSSR count). The van der Waals surface area contributed by atoms with Gasteiger partial charge in [0.1, 0.15) is 5.75 Å². The van der Waals surface area contributed by atoms with Crippen LogP contribution in [0.5, 0.6) is 5.75 Å². The van der Waals surface area contributed by atoms with Crippen LogP contribution in [0.1, 0.15) is 44.0 Å². The molecule has 1 heterocycles. The third-order valence-corrected chi connectivity index (χ3v) is 3.89. The largest absolute Gasteiger partial charge is 0.494 e. The van der Waals surface area contributed by atoms with Crippen molar-refractivity contribution in [3.05, 3.63) is 29.8 Å². The van der Waals surface area contributed by atoms with Crippen molar-refractivity contribution in [2.45, 2.75) is 39.2 Å². The first-order valence-electron chi connectivity index (χ1n) is 7.04. The van der Waals surface area contributed by atoms with Gasteiger partial charge in [-0.2, -0.15) is 0 Å². The average molecular weight is 261 g/mol. The van der Waals surface area contributed by atoms with Gasteiger partial charge in [-0.25, -0.2) is 0 Å². The second-order valence-corrected chi connectivity index (χ2v) is 5.72. The number of ketones is 1. The van der Waals surface area contributed by atoms with Crippen LogP contribution in [0.15, 0.2) is 24.3 Å². The fraction of sp³-hybridized carbons (Fsp3) is 0.562. The molecule has 0 bridgehead atoms. The van der Waals surface area contributed by atoms with Crippen LogP contribution in [0, 0.1) is 0 Å². The average Bonchev–Trinajstić information content (AvgIpc) is 2.70. The van der Waals surface area contributed by atoms with Crippen LogP contribution in [0.3, 0.4) is 0 Å². The van der Waals surface area contributed by atoms with E-state index in [2.05, 4.69) is 18.7 Å². The van der Waals surface area contributed by atoms with Gasteiger partial charge in [0.05, 0.1) is 13.2 Å². The molecule has 0 radical (unpaired) electrons. The summed E-state index contributed by atoms with van der Waals surface area (Å²) >= 11 is 0. The molecule has 104 valence electrons. The number of hydrogen-bond donors (Lipinski definition) is 0. The molecule has 0 saturated carbocycles. The molecule has 0 N–H and O–H groups in total. The topological polar surface area (TPSA) is 29.5 Å². The predicted octanol–water partition coefficient (Wildman–Crippen LogP) is 3.14. The number of carbonyl (C=O) groups is 1. The summed E-state index contributed by atoms with van der Waals surface area (Å²) in [5.41, 5.74) is 0.923. The smallest absolute Gasteiger partial charge is 0.176 e. The molecule has 1 aromatic carbocycles. The Morgan fingerprint density at radius 3 is 2.53 bits per heavy atom. The molecule has 0 unspecified atom stereocenters. The second-order valence-electron chi connectivity index (χ2n) is 5.72. The van der Waals surface area contributed by atoms with E-state index in [1.54, 1.807) is 0 Å². The fourth-order valence-electron chi connectivity index (χ4n) is 2.62. The molecule has 3 nitrogen and oxygen atoms in total. The Balaban J connectivity index is 2.00. The van der Waals surface area contributed by atoms with E-state index < -0.39 is 0 Å². The summed E-state index contributed by atoms with van der Waals surface area (Å²) < 4.78 is 5.39. The summed E-state index contributed by atoms with van der Waals surface area (Å²) in [5.74, 6) is 1.01. The number of hydrogen-bond acceptors (Lipinski definition) is 3. The van der Waals surface area contributed by atoms with Crippen LogP contribution in [0.25, 0.3) is 0 Å². The lowest BCUT2D eigenvalue weighted by atomic mass is 10.0. The van der Waals surface area contributed by atoms with Crippen molar-refractivity contribution in [3.8, 4) is 5.75 Å². The molecule has 0 aromatic heterocycles. The van der Waals surface area contributed by atoms with Gasteiger partial charge in [0.2, 0.25) is 0 Å². The van der Waals surface area contributed by atoms with Crippen molar-refractivity contribution < 1.29 is 9.53 Å². The summed E-state index contributed by atoms with van der Waals surface area (Å²) in [6.45, 7) is 8.57. The number of ether oxygens (including phenoxy) is 1. The van der Waals surface area contributed by atoms with Gasteiger partial charge in [-0.05, 0) is 64.4 Å². The maximum absolute atomic E-state index is 12.3. The first-order chi connectivity index (χ1) is 9.03. The van der Waals surface area contributed by atoms with E-state index >= 15 is 0 Å². The van der Waals surface area contributed by atoms with Crippen molar-refractivity contribution in [1.29, 1.82) is 0 Å². The van der Waals surface area contributed by atoms with Gasteiger partial charge in [0.25, 0.3) is 0 Å². The van der Waals surface area contributed by atoms with Gasteiger partial charge in [-0.1, -0.05) is 0 Å². The minimum atomic E-state index is 0.154. The predicted molar refractivity (Wildman–Crippen MR) is 76.8 cm³/mol. The van der Waals surface area contributed by atoms with Crippen LogP contribution in [0.4, 0.5) is 0 Å². The molecule has 1 aromatic rings. The number of likely N-dealkylation sites (tertiary alicyclic amines) is 1. The Morgan fingerprint density at radius 1 is 1.32 bits per heavy atom. The van der Waals surface area contributed by atoms with Gasteiger partial charge in [-0.3, -0.25) is 9.69 Å². The van der Waals surface area contributed by atoms with Crippen LogP contribution >= 0.6 is 0 Å². The van der Waals surface area contributed by atoms with E-state index in [0.29, 0.717) is 13.2 Å². The molecule has 1 aliphatic rings. The molecule has 1 saturated heterocycles. The molecule has 3 heteroatoms. The van der Waals surface area contributed by atoms with Gasteiger partial charge in [-0.15, -0.1) is 0 Å². The lowest BCUT2D eigenvalue weighted by Gasteiger charge is -2.30. The van der Waals surface area contributed by atoms with E-state index in [1.165, 1.54) is 12.8 Å². The summed E-state index contributed by atoms with van der Waals surface area (Å²) in [6, 6.07) is 7.45. The van der Waals surface area contributed by atoms with Crippen molar-refractivity contribution in [2.75, 3.05) is 19.7 Å². The Hall–Kier alpha value is -1.35. The summed E-state index contributed by atoms with van der Waals surface area (Å²) in [7, 11) is 0. The molecule has 1 fully saturated rings. The van der Waals surface area contributed by atoms with Crippen molar-refractivity contribution >= 4 is 5.78 Å². The molecule has 0 spiro atoms. The maximum atomic E-state index is 12.3. The van der Waals surface area contributed by atoms with E-state index in [0.717, 1.165) is 17.9 Å². The highest BCUT2D eigenvalue weighted by atomic mass is 16.5. The summed E-state index contributed by atoms with van der Waals surface area (Å²) in [4.78, 5) is 14.6. The SMILES string of the molecule is CCOc1ccc(C(=O)CN2CCCC2(C)C)cc1. The van der Waals surface area contributed by atoms with Crippen molar-refractivity contribution in [1.82, 2.24) is 4.90 Å². The zero-order valence-electron chi connectivity index (χ0n) is 12.1. The molecule has 19 heavy (non-hydrogen) atoms. The Morgan fingerprint density at radius 2 is 2.00 bits per heavy atom. The normalized spacial score (nSPS) is 18.5. The quantitative estimate of drug-likeness (QED) is 0.763. The number of rotatable bonds is 5. The maximum Gasteiger partial charge on any atom is 0.176 e. The molecule has 0 atom stereocenters. The lowest BCUT2D eigenvalue weighted by Crippen LogP contribution is -2.41. The zero-order chi connectivity index (χ0) is 13.9. The van der Waals surface area contributed by atoms with E-state index in [4.69, 9.17) is 4.74 Å². The van der Waals surface area contributed by atoms with E-state index in [1.807, 2.05) is 31.2 Å². The Kier molecular flexibility index (Phi) is 4.25. The molecular weight excluding hydrogens is 238 g/mol. The van der Waals surface area contributed by atoms with Crippen LogP contribution in [0.2, 0.25) is 0 Å². The Labute approximate surface area is 115 Å². The van der Waals surface area contributed by atoms with E-state index in [-0.39, 0.29) is 11.3 Å². The van der Waals surface area contributed by atoms with Gasteiger partial charge in [0, 0.05) is 11.1 Å². The van der Waals surface area contributed by atoms with Crippen LogP contribution in [-0.2, 0) is 0 Å². The lowest BCUT2D eigenvalue weighted by molar-refractivity contribution is 0.0871. The third-order valence-electron chi connectivity index (χ3n) is 3.89. The minimum Gasteiger partial charge on any atom is -0.494 e. The second kappa shape index (κ2) is 5.74. The summed E-state index contributed by atoms with van der Waals surface area (Å²) in [6.07, 6.45) is 2.35. The van der Waals surface area contributed by atoms with Crippen LogP contribution in [-0.4, -0.2) is 35.9 Å². The monoisotopic (exact) mass is 261 g/mol. The van der Waals surface area contributed by atoms with Gasteiger partial charge < -0.3 is 4.74 Å². The highest BCUT2D eigenvalue weighted by Gasteiger charge is 2.32. The molecule has 0 aliphatic carbocycles. The molecule has 0 amide bonds. The zero-order valence-corrected chi connectivity index (χ0v) is 12.1. The van der Waals surface area contributed by atoms with Gasteiger partial charge in [0.15, 0.2) is 5.78 Å². The molecular formula is C16H23NO2. The highest BCUT2D eigenvalue weighted by Crippen LogP contribution is 2.28. The Bertz CT molecular complexity index is 437. The standard InChI is InChI=1S/C16H23NO2/c1-4-19-14-8-6-13(7-9-14)15(18)12-17-11-5-10-16(17,2)3/h6-9H,4-5,10-12H2,1-3H3. The number of carbonyl (C=O) groups excluding carboxylic acids is 1. The van der Waals surface area contributed by atoms with E-state index in [9.17, 15) is 4.79 Å². The third kappa shape index (κ3) is 3.35. The molecule has 1 aliphatic heterocycles. The first-order valence-corrected chi connectivity index (χ1v) is 7.04. The number of Topliss-reactive ketones (excluding diaryl/α,β-unsaturated/α-hetero) is 1. The van der Waals surface area contributed by atoms with Gasteiger partial charge >= 0.3 is 0 Å². The van der Waals surface area contributed by atoms with Crippen molar-refractivity contribution in [3.63, 3.8) is 0 Å².